The summed E-state index contributed by atoms with van der Waals surface area (Å²) >= 11 is 0. The van der Waals surface area contributed by atoms with Crippen molar-refractivity contribution in [1.82, 2.24) is 5.32 Å². The SMILES string of the molecule is COC(=O)[C@H](CC(C)C)NC(=O)c1oc2c(F)cccc2c1C. The zero-order valence-electron chi connectivity index (χ0n) is 13.6. The van der Waals surface area contributed by atoms with E-state index in [1.807, 2.05) is 13.8 Å². The monoisotopic (exact) mass is 321 g/mol. The molecule has 1 amide bonds. The fourth-order valence-corrected chi connectivity index (χ4v) is 2.48. The third kappa shape index (κ3) is 3.52. The van der Waals surface area contributed by atoms with Crippen molar-refractivity contribution in [1.29, 1.82) is 0 Å². The summed E-state index contributed by atoms with van der Waals surface area (Å²) in [7, 11) is 1.27. The lowest BCUT2D eigenvalue weighted by Gasteiger charge is -2.17. The molecule has 0 aliphatic rings. The van der Waals surface area contributed by atoms with Gasteiger partial charge in [-0.05, 0) is 25.3 Å². The van der Waals surface area contributed by atoms with Gasteiger partial charge in [-0.2, -0.15) is 0 Å². The summed E-state index contributed by atoms with van der Waals surface area (Å²) < 4.78 is 23.8. The molecule has 2 aromatic rings. The van der Waals surface area contributed by atoms with E-state index in [-0.39, 0.29) is 17.3 Å². The lowest BCUT2D eigenvalue weighted by Crippen LogP contribution is -2.42. The third-order valence-electron chi connectivity index (χ3n) is 3.62. The molecule has 1 aromatic heterocycles. The normalized spacial score (nSPS) is 12.4. The number of para-hydroxylation sites is 1. The Labute approximate surface area is 133 Å². The van der Waals surface area contributed by atoms with Gasteiger partial charge in [0.15, 0.2) is 17.2 Å². The number of methoxy groups -OCH3 is 1. The Bertz CT molecular complexity index is 736. The molecule has 5 nitrogen and oxygen atoms in total. The van der Waals surface area contributed by atoms with Crippen LogP contribution < -0.4 is 5.32 Å². The highest BCUT2D eigenvalue weighted by atomic mass is 19.1. The average Bonchev–Trinajstić information content (AvgIpc) is 2.84. The number of hydrogen-bond acceptors (Lipinski definition) is 4. The Morgan fingerprint density at radius 2 is 2.04 bits per heavy atom. The molecule has 0 spiro atoms. The van der Waals surface area contributed by atoms with E-state index in [4.69, 9.17) is 9.15 Å². The molecule has 1 atom stereocenters. The number of amides is 1. The van der Waals surface area contributed by atoms with Crippen molar-refractivity contribution in [3.05, 3.63) is 35.3 Å². The Balaban J connectivity index is 2.30. The molecule has 0 fully saturated rings. The van der Waals surface area contributed by atoms with Gasteiger partial charge in [0, 0.05) is 10.9 Å². The van der Waals surface area contributed by atoms with Crippen molar-refractivity contribution in [2.45, 2.75) is 33.2 Å². The Kier molecular flexibility index (Phi) is 5.03. The van der Waals surface area contributed by atoms with Crippen LogP contribution in [0.4, 0.5) is 4.39 Å². The van der Waals surface area contributed by atoms with E-state index in [9.17, 15) is 14.0 Å². The molecule has 0 saturated heterocycles. The molecule has 0 unspecified atom stereocenters. The summed E-state index contributed by atoms with van der Waals surface area (Å²) in [4.78, 5) is 24.2. The van der Waals surface area contributed by atoms with Crippen molar-refractivity contribution >= 4 is 22.8 Å². The predicted octanol–water partition coefficient (Wildman–Crippen LogP) is 3.20. The highest BCUT2D eigenvalue weighted by molar-refractivity contribution is 6.00. The molecule has 1 heterocycles. The van der Waals surface area contributed by atoms with Crippen molar-refractivity contribution in [2.75, 3.05) is 7.11 Å². The highest BCUT2D eigenvalue weighted by Crippen LogP contribution is 2.27. The van der Waals surface area contributed by atoms with Crippen LogP contribution in [0.25, 0.3) is 11.0 Å². The molecular formula is C17H20FNO4. The molecule has 6 heteroatoms. The molecule has 23 heavy (non-hydrogen) atoms. The van der Waals surface area contributed by atoms with Crippen LogP contribution >= 0.6 is 0 Å². The van der Waals surface area contributed by atoms with Gasteiger partial charge in [0.05, 0.1) is 7.11 Å². The number of fused-ring (bicyclic) bond motifs is 1. The molecule has 0 aliphatic heterocycles. The van der Waals surface area contributed by atoms with Crippen LogP contribution in [0.5, 0.6) is 0 Å². The van der Waals surface area contributed by atoms with Crippen LogP contribution in [0.2, 0.25) is 0 Å². The van der Waals surface area contributed by atoms with Gasteiger partial charge in [-0.1, -0.05) is 26.0 Å². The maximum atomic E-state index is 13.8. The molecule has 0 saturated carbocycles. The number of rotatable bonds is 5. The number of esters is 1. The lowest BCUT2D eigenvalue weighted by molar-refractivity contribution is -0.143. The van der Waals surface area contributed by atoms with Crippen LogP contribution in [0.15, 0.2) is 22.6 Å². The second kappa shape index (κ2) is 6.81. The van der Waals surface area contributed by atoms with Crippen LogP contribution in [0.1, 0.15) is 36.4 Å². The minimum Gasteiger partial charge on any atom is -0.467 e. The van der Waals surface area contributed by atoms with Crippen LogP contribution in [-0.4, -0.2) is 25.0 Å². The quantitative estimate of drug-likeness (QED) is 0.859. The van der Waals surface area contributed by atoms with Gasteiger partial charge in [-0.25, -0.2) is 9.18 Å². The van der Waals surface area contributed by atoms with E-state index in [0.29, 0.717) is 17.4 Å². The smallest absolute Gasteiger partial charge is 0.328 e. The molecule has 1 N–H and O–H groups in total. The zero-order chi connectivity index (χ0) is 17.1. The minimum atomic E-state index is -0.773. The van der Waals surface area contributed by atoms with Crippen LogP contribution in [0.3, 0.4) is 0 Å². The molecule has 0 aliphatic carbocycles. The number of benzene rings is 1. The third-order valence-corrected chi connectivity index (χ3v) is 3.62. The topological polar surface area (TPSA) is 68.5 Å². The standard InChI is InChI=1S/C17H20FNO4/c1-9(2)8-13(17(21)22-4)19-16(20)14-10(3)11-6-5-7-12(18)15(11)23-14/h5-7,9,13H,8H2,1-4H3,(H,19,20)/t13-/m0/s1. The van der Waals surface area contributed by atoms with Crippen molar-refractivity contribution in [3.63, 3.8) is 0 Å². The molecular weight excluding hydrogens is 301 g/mol. The van der Waals surface area contributed by atoms with E-state index in [1.165, 1.54) is 13.2 Å². The first-order valence-corrected chi connectivity index (χ1v) is 7.41. The Hall–Kier alpha value is -2.37. The number of furan rings is 1. The first kappa shape index (κ1) is 17.0. The maximum Gasteiger partial charge on any atom is 0.328 e. The predicted molar refractivity (Wildman–Crippen MR) is 83.6 cm³/mol. The maximum absolute atomic E-state index is 13.8. The number of ether oxygens (including phenoxy) is 1. The molecule has 0 bridgehead atoms. The largest absolute Gasteiger partial charge is 0.467 e. The van der Waals surface area contributed by atoms with E-state index < -0.39 is 23.7 Å². The van der Waals surface area contributed by atoms with Gasteiger partial charge < -0.3 is 14.5 Å². The molecule has 0 radical (unpaired) electrons. The summed E-state index contributed by atoms with van der Waals surface area (Å²) in [5.41, 5.74) is 0.568. The van der Waals surface area contributed by atoms with E-state index in [1.54, 1.807) is 19.1 Å². The molecule has 1 aromatic carbocycles. The lowest BCUT2D eigenvalue weighted by atomic mass is 10.0. The summed E-state index contributed by atoms with van der Waals surface area (Å²) in [5, 5.41) is 3.14. The first-order valence-electron chi connectivity index (χ1n) is 7.41. The zero-order valence-corrected chi connectivity index (χ0v) is 13.6. The number of carbonyl (C=O) groups is 2. The van der Waals surface area contributed by atoms with E-state index in [0.717, 1.165) is 0 Å². The molecule has 2 rings (SSSR count). The van der Waals surface area contributed by atoms with Gasteiger partial charge in [-0.3, -0.25) is 4.79 Å². The van der Waals surface area contributed by atoms with Gasteiger partial charge >= 0.3 is 5.97 Å². The fourth-order valence-electron chi connectivity index (χ4n) is 2.48. The van der Waals surface area contributed by atoms with Gasteiger partial charge in [0.1, 0.15) is 6.04 Å². The summed E-state index contributed by atoms with van der Waals surface area (Å²) in [6, 6.07) is 3.73. The highest BCUT2D eigenvalue weighted by Gasteiger charge is 2.26. The van der Waals surface area contributed by atoms with Crippen LogP contribution in [0, 0.1) is 18.7 Å². The number of nitrogens with one attached hydrogen (secondary N) is 1. The minimum absolute atomic E-state index is 0.00255. The first-order chi connectivity index (χ1) is 10.8. The summed E-state index contributed by atoms with van der Waals surface area (Å²) in [6.45, 7) is 5.55. The van der Waals surface area contributed by atoms with Gasteiger partial charge in [0.2, 0.25) is 0 Å². The van der Waals surface area contributed by atoms with E-state index in [2.05, 4.69) is 5.32 Å². The Morgan fingerprint density at radius 3 is 2.61 bits per heavy atom. The van der Waals surface area contributed by atoms with Gasteiger partial charge in [0.25, 0.3) is 5.91 Å². The second-order valence-corrected chi connectivity index (χ2v) is 5.85. The summed E-state index contributed by atoms with van der Waals surface area (Å²) in [5.74, 6) is -1.42. The van der Waals surface area contributed by atoms with Crippen molar-refractivity contribution in [3.8, 4) is 0 Å². The van der Waals surface area contributed by atoms with Crippen molar-refractivity contribution in [2.24, 2.45) is 5.92 Å². The number of halogens is 1. The van der Waals surface area contributed by atoms with Crippen molar-refractivity contribution < 1.29 is 23.1 Å². The second-order valence-electron chi connectivity index (χ2n) is 5.85. The summed E-state index contributed by atoms with van der Waals surface area (Å²) in [6.07, 6.45) is 0.437. The molecule has 124 valence electrons. The van der Waals surface area contributed by atoms with Crippen LogP contribution in [-0.2, 0) is 9.53 Å². The Morgan fingerprint density at radius 1 is 1.35 bits per heavy atom. The number of carbonyl (C=O) groups excluding carboxylic acids is 2. The fraction of sp³-hybridized carbons (Fsp3) is 0.412. The van der Waals surface area contributed by atoms with Gasteiger partial charge in [-0.15, -0.1) is 0 Å². The number of hydrogen-bond donors (Lipinski definition) is 1. The average molecular weight is 321 g/mol. The number of aryl methyl sites for hydroxylation is 1. The van der Waals surface area contributed by atoms with E-state index >= 15 is 0 Å².